The normalized spacial score (nSPS) is 14.2. The lowest BCUT2D eigenvalue weighted by molar-refractivity contribution is -0.00675. The second kappa shape index (κ2) is 72.1. The van der Waals surface area contributed by atoms with Gasteiger partial charge in [0, 0.05) is 34.0 Å². The fourth-order valence-electron chi connectivity index (χ4n) is 8.04. The van der Waals surface area contributed by atoms with E-state index >= 15 is 0 Å². The average Bonchev–Trinajstić information content (AvgIpc) is 3.39. The molecule has 0 radical (unpaired) electrons. The lowest BCUT2D eigenvalue weighted by atomic mass is 10.1. The van der Waals surface area contributed by atoms with Gasteiger partial charge in [0.25, 0.3) is 0 Å². The Morgan fingerprint density at radius 3 is 0.885 bits per heavy atom. The van der Waals surface area contributed by atoms with E-state index in [0.29, 0.717) is 66.3 Å². The van der Waals surface area contributed by atoms with Gasteiger partial charge in [0.1, 0.15) is 0 Å². The zero-order chi connectivity index (χ0) is 68.1. The molecule has 7 unspecified atom stereocenters. The molecule has 8 nitrogen and oxygen atoms in total. The van der Waals surface area contributed by atoms with E-state index in [1.165, 1.54) is 86.6 Å². The van der Waals surface area contributed by atoms with Crippen molar-refractivity contribution in [3.05, 3.63) is 0 Å². The maximum Gasteiger partial charge on any atom is 0.0863 e. The van der Waals surface area contributed by atoms with E-state index in [2.05, 4.69) is 166 Å². The topological polar surface area (TPSA) is 151 Å². The number of unbranched alkanes of at least 4 members (excludes halogenated alkanes) is 1. The smallest absolute Gasteiger partial charge is 0.0863 e. The van der Waals surface area contributed by atoms with E-state index in [0.717, 1.165) is 109 Å². The fourth-order valence-corrected chi connectivity index (χ4v) is 15.2. The molecule has 0 spiro atoms. The Balaban J connectivity index is -0.000000227. The minimum atomic E-state index is -0.423. The molecule has 534 valence electrons. The molecule has 0 rings (SSSR count). The molecule has 0 saturated heterocycles. The van der Waals surface area contributed by atoms with Gasteiger partial charge >= 0.3 is 0 Å². The maximum absolute atomic E-state index is 9.68. The fraction of sp³-hybridized carbons (Fsp3) is 1.00. The van der Waals surface area contributed by atoms with E-state index in [1.807, 2.05) is 58.8 Å². The van der Waals surface area contributed by atoms with Gasteiger partial charge in [0.05, 0.1) is 56.4 Å². The molecule has 0 amide bonds. The van der Waals surface area contributed by atoms with E-state index in [-0.39, 0.29) is 24.4 Å². The van der Waals surface area contributed by atoms with Crippen molar-refractivity contribution in [2.45, 2.75) is 311 Å². The van der Waals surface area contributed by atoms with Gasteiger partial charge in [-0.1, -0.05) is 185 Å². The van der Waals surface area contributed by atoms with Crippen LogP contribution in [0.2, 0.25) is 0 Å². The molecule has 0 aliphatic rings. The van der Waals surface area contributed by atoms with Crippen molar-refractivity contribution in [2.75, 3.05) is 83.1 Å². The molecule has 0 aromatic heterocycles. The molecule has 7 atom stereocenters. The monoisotopic (exact) mass is 1360 g/mol. The highest BCUT2D eigenvalue weighted by Crippen LogP contribution is 2.22. The van der Waals surface area contributed by atoms with Crippen molar-refractivity contribution in [1.29, 1.82) is 0 Å². The maximum atomic E-state index is 9.68. The summed E-state index contributed by atoms with van der Waals surface area (Å²) in [5, 5.41) is 67.3. The van der Waals surface area contributed by atoms with Crippen LogP contribution in [0.3, 0.4) is 0 Å². The van der Waals surface area contributed by atoms with Crippen LogP contribution in [0, 0.1) is 71.0 Å². The number of aliphatic hydroxyl groups is 7. The lowest BCUT2D eigenvalue weighted by Gasteiger charge is -2.16. The Kier molecular flexibility index (Phi) is 82.7. The highest BCUT2D eigenvalue weighted by Gasteiger charge is 2.13. The number of ether oxygens (including phenoxy) is 1. The zero-order valence-electron chi connectivity index (χ0n) is 62.2. The Morgan fingerprint density at radius 2 is 0.540 bits per heavy atom. The largest absolute Gasteiger partial charge is 0.395 e. The molecule has 0 heterocycles. The molecule has 0 aromatic carbocycles. The number of rotatable bonds is 50. The summed E-state index contributed by atoms with van der Waals surface area (Å²) in [6.45, 7) is 53.9. The van der Waals surface area contributed by atoms with Crippen LogP contribution in [0.4, 0.5) is 0 Å². The van der Waals surface area contributed by atoms with Gasteiger partial charge in [-0.25, -0.2) is 0 Å². The van der Waals surface area contributed by atoms with Crippen molar-refractivity contribution in [3.63, 3.8) is 0 Å². The molecule has 0 fully saturated rings. The summed E-state index contributed by atoms with van der Waals surface area (Å²) >= 11 is 11.3. The standard InChI is InChI=1S/C14H30O3S.C13H28OS.2C12H26OS.2C11H24OS/c1-11(2)5-6-18-10-14(16)9-17-8-13(15)7-12(3)4;1-11(2)7-5-6-8-15-10-13(14)9-12(3)4;1-10(2)5-6-12(13)9-14-8-7-11(3)4;1-10(2)6-5-7-14-9-12(13)8-11(3)4;1-9(2)5-6-13-8-11(12)7-10(3)4;1-9(2)5-6-13-11(8-12)7-10(3)4/h11-16H,5-10H2,1-4H3;11-14H,5-10H2,1-4H3;2*10-13H,5-9H2,1-4H3;2*9-12H,5-8H2,1-4H3. The summed E-state index contributed by atoms with van der Waals surface area (Å²) in [5.74, 6) is 19.9. The lowest BCUT2D eigenvalue weighted by Crippen LogP contribution is -2.24. The molecule has 0 aliphatic heterocycles. The number of aliphatic hydroxyl groups excluding tert-OH is 7. The summed E-state index contributed by atoms with van der Waals surface area (Å²) in [6, 6.07) is 0. The van der Waals surface area contributed by atoms with Crippen LogP contribution in [-0.2, 0) is 4.74 Å². The van der Waals surface area contributed by atoms with Gasteiger partial charge in [-0.2, -0.15) is 70.6 Å². The quantitative estimate of drug-likeness (QED) is 0.0290. The van der Waals surface area contributed by atoms with Gasteiger partial charge < -0.3 is 40.5 Å². The summed E-state index contributed by atoms with van der Waals surface area (Å²) in [5.41, 5.74) is 0. The summed E-state index contributed by atoms with van der Waals surface area (Å²) in [7, 11) is 0. The first-order valence-electron chi connectivity index (χ1n) is 35.3. The Bertz CT molecular complexity index is 1280. The van der Waals surface area contributed by atoms with Crippen molar-refractivity contribution < 1.29 is 40.5 Å². The van der Waals surface area contributed by atoms with E-state index in [1.54, 1.807) is 11.8 Å². The highest BCUT2D eigenvalue weighted by atomic mass is 32.2. The molecular formula is C73H158O8S6. The Hall–Kier alpha value is 1.78. The third-order valence-corrected chi connectivity index (χ3v) is 20.2. The molecule has 0 saturated carbocycles. The van der Waals surface area contributed by atoms with Crippen LogP contribution in [0.15, 0.2) is 0 Å². The number of hydrogen-bond donors (Lipinski definition) is 7. The van der Waals surface area contributed by atoms with E-state index < -0.39 is 12.2 Å². The zero-order valence-corrected chi connectivity index (χ0v) is 67.1. The van der Waals surface area contributed by atoms with Crippen LogP contribution >= 0.6 is 70.6 Å². The predicted molar refractivity (Wildman–Crippen MR) is 409 cm³/mol. The van der Waals surface area contributed by atoms with Gasteiger partial charge in [0.15, 0.2) is 0 Å². The van der Waals surface area contributed by atoms with Crippen LogP contribution in [0.25, 0.3) is 0 Å². The minimum Gasteiger partial charge on any atom is -0.395 e. The Labute approximate surface area is 571 Å². The molecule has 0 aromatic rings. The van der Waals surface area contributed by atoms with Crippen molar-refractivity contribution in [3.8, 4) is 0 Å². The first-order valence-corrected chi connectivity index (χ1v) is 42.1. The van der Waals surface area contributed by atoms with Gasteiger partial charge in [-0.05, 0) is 189 Å². The summed E-state index contributed by atoms with van der Waals surface area (Å²) < 4.78 is 5.32. The highest BCUT2D eigenvalue weighted by molar-refractivity contribution is 8.00. The van der Waals surface area contributed by atoms with Gasteiger partial charge in [-0.15, -0.1) is 0 Å². The number of hydrogen-bond acceptors (Lipinski definition) is 14. The third-order valence-electron chi connectivity index (χ3n) is 13.1. The van der Waals surface area contributed by atoms with E-state index in [4.69, 9.17) is 9.84 Å². The summed E-state index contributed by atoms with van der Waals surface area (Å²) in [6.07, 6.45) is 17.2. The van der Waals surface area contributed by atoms with Crippen LogP contribution < -0.4 is 0 Å². The van der Waals surface area contributed by atoms with Gasteiger partial charge in [-0.3, -0.25) is 0 Å². The van der Waals surface area contributed by atoms with Crippen LogP contribution in [0.1, 0.15) is 269 Å². The van der Waals surface area contributed by atoms with Crippen LogP contribution in [-0.4, -0.2) is 161 Å². The summed E-state index contributed by atoms with van der Waals surface area (Å²) in [4.78, 5) is 0. The first-order chi connectivity index (χ1) is 40.6. The number of thioether (sulfide) groups is 6. The predicted octanol–water partition coefficient (Wildman–Crippen LogP) is 20.0. The second-order valence-electron chi connectivity index (χ2n) is 29.8. The third kappa shape index (κ3) is 104. The van der Waals surface area contributed by atoms with Crippen molar-refractivity contribution in [2.24, 2.45) is 71.0 Å². The van der Waals surface area contributed by atoms with Crippen LogP contribution in [0.5, 0.6) is 0 Å². The average molecular weight is 1360 g/mol. The molecule has 7 N–H and O–H groups in total. The van der Waals surface area contributed by atoms with Gasteiger partial charge in [0.2, 0.25) is 0 Å². The SMILES string of the molecule is CC(C)CCCCSCC(O)CC(C)C.CC(C)CCCSCC(O)CC(C)C.CC(C)CCSC(CO)CC(C)C.CC(C)CCSCC(O)CC(C)C.CC(C)CCSCC(O)CCC(C)C.CC(C)CCSCC(O)COCC(O)CC(C)C. The van der Waals surface area contributed by atoms with Crippen molar-refractivity contribution in [1.82, 2.24) is 0 Å². The van der Waals surface area contributed by atoms with Crippen molar-refractivity contribution >= 4 is 70.6 Å². The first kappa shape index (κ1) is 99.8. The minimum absolute atomic E-state index is 0.0884. The van der Waals surface area contributed by atoms with E-state index in [9.17, 15) is 30.6 Å². The molecular weight excluding hydrogens is 1200 g/mol. The molecule has 14 heteroatoms. The Morgan fingerprint density at radius 1 is 0.253 bits per heavy atom. The molecule has 0 aliphatic carbocycles. The molecule has 0 bridgehead atoms. The second-order valence-corrected chi connectivity index (χ2v) is 36.9. The molecule has 87 heavy (non-hydrogen) atoms.